The van der Waals surface area contributed by atoms with E-state index in [0.717, 1.165) is 5.56 Å². The summed E-state index contributed by atoms with van der Waals surface area (Å²) in [6, 6.07) is 9.17. The molecule has 4 heteroatoms. The van der Waals surface area contributed by atoms with Crippen LogP contribution in [0.4, 0.5) is 0 Å². The second-order valence-corrected chi connectivity index (χ2v) is 3.22. The van der Waals surface area contributed by atoms with Crippen LogP contribution in [0.2, 0.25) is 0 Å². The van der Waals surface area contributed by atoms with Crippen LogP contribution in [0.3, 0.4) is 0 Å². The predicted octanol–water partition coefficient (Wildman–Crippen LogP) is 2.31. The minimum absolute atomic E-state index is 0.502. The lowest BCUT2D eigenvalue weighted by Gasteiger charge is -2.10. The fourth-order valence-electron chi connectivity index (χ4n) is 1.00. The standard InChI is InChI=1S/C9H11O3P/c1-2-9(12-13(10)11)8-6-4-3-5-7-8/h2-7,9,13H,1H2,(H,10,11). The lowest BCUT2D eigenvalue weighted by atomic mass is 10.1. The molecule has 0 spiro atoms. The quantitative estimate of drug-likeness (QED) is 0.596. The average Bonchev–Trinajstić information content (AvgIpc) is 2.15. The van der Waals surface area contributed by atoms with Crippen LogP contribution in [0.25, 0.3) is 0 Å². The van der Waals surface area contributed by atoms with E-state index in [4.69, 9.17) is 9.42 Å². The molecule has 2 unspecified atom stereocenters. The third kappa shape index (κ3) is 3.15. The molecular formula is C9H11O3P. The highest BCUT2D eigenvalue weighted by Gasteiger charge is 2.08. The van der Waals surface area contributed by atoms with Crippen LogP contribution >= 0.6 is 8.25 Å². The molecule has 3 nitrogen and oxygen atoms in total. The van der Waals surface area contributed by atoms with Crippen molar-refractivity contribution in [2.24, 2.45) is 0 Å². The van der Waals surface area contributed by atoms with Gasteiger partial charge in [0.15, 0.2) is 0 Å². The first kappa shape index (κ1) is 10.2. The van der Waals surface area contributed by atoms with E-state index in [1.165, 1.54) is 6.08 Å². The molecule has 0 bridgehead atoms. The van der Waals surface area contributed by atoms with Crippen LogP contribution < -0.4 is 0 Å². The molecule has 0 aliphatic heterocycles. The summed E-state index contributed by atoms with van der Waals surface area (Å²) in [6.07, 6.45) is 0.992. The zero-order chi connectivity index (χ0) is 9.68. The van der Waals surface area contributed by atoms with Gasteiger partial charge in [-0.1, -0.05) is 36.4 Å². The largest absolute Gasteiger partial charge is 0.326 e. The minimum atomic E-state index is -2.91. The monoisotopic (exact) mass is 198 g/mol. The maximum Gasteiger partial charge on any atom is 0.317 e. The first-order valence-electron chi connectivity index (χ1n) is 3.81. The maximum absolute atomic E-state index is 10.5. The molecule has 1 aromatic rings. The summed E-state index contributed by atoms with van der Waals surface area (Å²) in [5.41, 5.74) is 0.824. The number of hydrogen-bond donors (Lipinski definition) is 1. The van der Waals surface area contributed by atoms with Crippen LogP contribution in [0.5, 0.6) is 0 Å². The second-order valence-electron chi connectivity index (χ2n) is 2.45. The summed E-state index contributed by atoms with van der Waals surface area (Å²) in [7, 11) is -2.91. The lowest BCUT2D eigenvalue weighted by molar-refractivity contribution is 0.233. The molecular weight excluding hydrogens is 187 g/mol. The molecule has 0 heterocycles. The Balaban J connectivity index is 2.78. The molecule has 0 aromatic heterocycles. The molecule has 1 aromatic carbocycles. The highest BCUT2D eigenvalue weighted by atomic mass is 31.1. The van der Waals surface area contributed by atoms with Crippen molar-refractivity contribution in [3.63, 3.8) is 0 Å². The van der Waals surface area contributed by atoms with E-state index in [2.05, 4.69) is 6.58 Å². The topological polar surface area (TPSA) is 46.5 Å². The predicted molar refractivity (Wildman–Crippen MR) is 51.7 cm³/mol. The normalized spacial score (nSPS) is 14.8. The summed E-state index contributed by atoms with van der Waals surface area (Å²) >= 11 is 0. The summed E-state index contributed by atoms with van der Waals surface area (Å²) in [6.45, 7) is 3.53. The van der Waals surface area contributed by atoms with Gasteiger partial charge in [0.25, 0.3) is 0 Å². The lowest BCUT2D eigenvalue weighted by Crippen LogP contribution is -1.94. The van der Waals surface area contributed by atoms with Crippen molar-refractivity contribution in [3.05, 3.63) is 48.6 Å². The molecule has 0 saturated carbocycles. The molecule has 1 N–H and O–H groups in total. The number of hydrogen-bond acceptors (Lipinski definition) is 2. The van der Waals surface area contributed by atoms with Gasteiger partial charge >= 0.3 is 8.25 Å². The molecule has 13 heavy (non-hydrogen) atoms. The average molecular weight is 198 g/mol. The molecule has 2 atom stereocenters. The van der Waals surface area contributed by atoms with Gasteiger partial charge in [0.1, 0.15) is 6.10 Å². The van der Waals surface area contributed by atoms with Crippen molar-refractivity contribution in [1.29, 1.82) is 0 Å². The van der Waals surface area contributed by atoms with E-state index >= 15 is 0 Å². The fourth-order valence-corrected chi connectivity index (χ4v) is 1.45. The van der Waals surface area contributed by atoms with Crippen LogP contribution in [-0.4, -0.2) is 4.89 Å². The SMILES string of the molecule is C=CC(O[PH](=O)O)c1ccccc1. The Morgan fingerprint density at radius 1 is 1.46 bits per heavy atom. The Kier molecular flexibility index (Phi) is 3.90. The van der Waals surface area contributed by atoms with Gasteiger partial charge in [-0.25, -0.2) is 0 Å². The second kappa shape index (κ2) is 4.97. The van der Waals surface area contributed by atoms with E-state index in [9.17, 15) is 4.57 Å². The van der Waals surface area contributed by atoms with Crippen LogP contribution in [0, 0.1) is 0 Å². The van der Waals surface area contributed by atoms with E-state index in [1.54, 1.807) is 0 Å². The molecule has 0 aliphatic carbocycles. The van der Waals surface area contributed by atoms with E-state index < -0.39 is 14.4 Å². The molecule has 70 valence electrons. The molecule has 0 fully saturated rings. The summed E-state index contributed by atoms with van der Waals surface area (Å²) in [5.74, 6) is 0. The molecule has 0 radical (unpaired) electrons. The van der Waals surface area contributed by atoms with Crippen molar-refractivity contribution in [2.45, 2.75) is 6.10 Å². The third-order valence-electron chi connectivity index (χ3n) is 1.57. The number of rotatable bonds is 4. The first-order chi connectivity index (χ1) is 6.24. The van der Waals surface area contributed by atoms with E-state index in [1.807, 2.05) is 30.3 Å². The summed E-state index contributed by atoms with van der Waals surface area (Å²) in [4.78, 5) is 8.59. The minimum Gasteiger partial charge on any atom is -0.326 e. The molecule has 0 aliphatic rings. The zero-order valence-electron chi connectivity index (χ0n) is 7.01. The highest BCUT2D eigenvalue weighted by molar-refractivity contribution is 7.32. The molecule has 0 amide bonds. The van der Waals surface area contributed by atoms with Gasteiger partial charge in [-0.05, 0) is 5.56 Å². The first-order valence-corrected chi connectivity index (χ1v) is 5.07. The van der Waals surface area contributed by atoms with E-state index in [0.29, 0.717) is 0 Å². The Hall–Kier alpha value is -0.890. The van der Waals surface area contributed by atoms with Gasteiger partial charge in [0.2, 0.25) is 0 Å². The van der Waals surface area contributed by atoms with Crippen molar-refractivity contribution >= 4 is 8.25 Å². The highest BCUT2D eigenvalue weighted by Crippen LogP contribution is 2.28. The summed E-state index contributed by atoms with van der Waals surface area (Å²) < 4.78 is 15.2. The zero-order valence-corrected chi connectivity index (χ0v) is 8.01. The van der Waals surface area contributed by atoms with Gasteiger partial charge in [0.05, 0.1) is 0 Å². The van der Waals surface area contributed by atoms with E-state index in [-0.39, 0.29) is 0 Å². The Labute approximate surface area is 77.6 Å². The smallest absolute Gasteiger partial charge is 0.317 e. The third-order valence-corrected chi connectivity index (χ3v) is 2.03. The Morgan fingerprint density at radius 2 is 2.08 bits per heavy atom. The van der Waals surface area contributed by atoms with Crippen LogP contribution in [-0.2, 0) is 9.09 Å². The van der Waals surface area contributed by atoms with Gasteiger partial charge in [-0.3, -0.25) is 9.09 Å². The van der Waals surface area contributed by atoms with Crippen LogP contribution in [0.1, 0.15) is 11.7 Å². The Bertz CT molecular complexity index is 297. The fraction of sp³-hybridized carbons (Fsp3) is 0.111. The molecule has 1 rings (SSSR count). The van der Waals surface area contributed by atoms with Crippen molar-refractivity contribution in [2.75, 3.05) is 0 Å². The van der Waals surface area contributed by atoms with Gasteiger partial charge < -0.3 is 4.89 Å². The van der Waals surface area contributed by atoms with Crippen LogP contribution in [0.15, 0.2) is 43.0 Å². The number of benzene rings is 1. The maximum atomic E-state index is 10.5. The van der Waals surface area contributed by atoms with Crippen molar-refractivity contribution in [1.82, 2.24) is 0 Å². The molecule has 0 saturated heterocycles. The van der Waals surface area contributed by atoms with Gasteiger partial charge in [-0.15, -0.1) is 6.58 Å². The Morgan fingerprint density at radius 3 is 2.54 bits per heavy atom. The van der Waals surface area contributed by atoms with Crippen molar-refractivity contribution < 1.29 is 14.0 Å². The van der Waals surface area contributed by atoms with Crippen molar-refractivity contribution in [3.8, 4) is 0 Å². The van der Waals surface area contributed by atoms with Gasteiger partial charge in [-0.2, -0.15) is 0 Å². The van der Waals surface area contributed by atoms with Gasteiger partial charge in [0, 0.05) is 0 Å². The summed E-state index contributed by atoms with van der Waals surface area (Å²) in [5, 5.41) is 0.